The largest absolute Gasteiger partial charge is 0.293 e. The number of ketones is 1. The molecule has 1 aliphatic carbocycles. The summed E-state index contributed by atoms with van der Waals surface area (Å²) in [5.41, 5.74) is 3.53. The van der Waals surface area contributed by atoms with E-state index in [4.69, 9.17) is 11.6 Å². The Kier molecular flexibility index (Phi) is 3.42. The van der Waals surface area contributed by atoms with Crippen LogP contribution in [0, 0.1) is 0 Å². The Morgan fingerprint density at radius 1 is 1.13 bits per heavy atom. The van der Waals surface area contributed by atoms with Gasteiger partial charge < -0.3 is 0 Å². The summed E-state index contributed by atoms with van der Waals surface area (Å²) in [4.78, 5) is 11.5. The van der Waals surface area contributed by atoms with Gasteiger partial charge in [-0.1, -0.05) is 18.6 Å². The standard InChI is InChI=1S/C13H15ClO/c14-9-13(15)12-7-6-10-4-2-1-3-5-11(10)8-12/h6-8H,1-5,9H2. The third kappa shape index (κ3) is 2.40. The van der Waals surface area contributed by atoms with Crippen LogP contribution >= 0.6 is 11.6 Å². The van der Waals surface area contributed by atoms with Gasteiger partial charge in [0.05, 0.1) is 5.88 Å². The van der Waals surface area contributed by atoms with E-state index < -0.39 is 0 Å². The molecule has 80 valence electrons. The summed E-state index contributed by atoms with van der Waals surface area (Å²) in [7, 11) is 0. The van der Waals surface area contributed by atoms with Gasteiger partial charge in [0.2, 0.25) is 0 Å². The summed E-state index contributed by atoms with van der Waals surface area (Å²) in [5.74, 6) is 0.113. The predicted octanol–water partition coefficient (Wildman–Crippen LogP) is 3.38. The smallest absolute Gasteiger partial charge is 0.177 e. The highest BCUT2D eigenvalue weighted by Crippen LogP contribution is 2.22. The van der Waals surface area contributed by atoms with Crippen LogP contribution in [0.4, 0.5) is 0 Å². The molecule has 0 N–H and O–H groups in total. The van der Waals surface area contributed by atoms with Crippen LogP contribution < -0.4 is 0 Å². The molecule has 1 aromatic rings. The first-order chi connectivity index (χ1) is 7.31. The van der Waals surface area contributed by atoms with Gasteiger partial charge in [-0.15, -0.1) is 11.6 Å². The van der Waals surface area contributed by atoms with Crippen LogP contribution in [0.5, 0.6) is 0 Å². The lowest BCUT2D eigenvalue weighted by Crippen LogP contribution is -2.02. The highest BCUT2D eigenvalue weighted by molar-refractivity contribution is 6.30. The number of carbonyl (C=O) groups is 1. The van der Waals surface area contributed by atoms with E-state index in [1.807, 2.05) is 12.1 Å². The van der Waals surface area contributed by atoms with Gasteiger partial charge in [0.25, 0.3) is 0 Å². The maximum absolute atomic E-state index is 11.5. The maximum atomic E-state index is 11.5. The minimum absolute atomic E-state index is 0.0312. The minimum Gasteiger partial charge on any atom is -0.293 e. The Morgan fingerprint density at radius 2 is 1.87 bits per heavy atom. The Hall–Kier alpha value is -0.820. The van der Waals surface area contributed by atoms with Crippen molar-refractivity contribution in [3.63, 3.8) is 0 Å². The van der Waals surface area contributed by atoms with E-state index in [0.717, 1.165) is 18.4 Å². The summed E-state index contributed by atoms with van der Waals surface area (Å²) in [6.45, 7) is 0. The van der Waals surface area contributed by atoms with Gasteiger partial charge in [0, 0.05) is 5.56 Å². The molecule has 0 bridgehead atoms. The van der Waals surface area contributed by atoms with E-state index >= 15 is 0 Å². The molecule has 1 aromatic carbocycles. The fraction of sp³-hybridized carbons (Fsp3) is 0.462. The lowest BCUT2D eigenvalue weighted by molar-refractivity contribution is 0.102. The molecule has 0 amide bonds. The molecule has 0 saturated carbocycles. The second-order valence-electron chi connectivity index (χ2n) is 4.10. The number of benzene rings is 1. The number of carbonyl (C=O) groups excluding carboxylic acids is 1. The molecule has 0 spiro atoms. The van der Waals surface area contributed by atoms with Gasteiger partial charge in [-0.3, -0.25) is 4.79 Å². The van der Waals surface area contributed by atoms with E-state index in [1.165, 1.54) is 30.4 Å². The van der Waals surface area contributed by atoms with E-state index in [2.05, 4.69) is 6.07 Å². The number of hydrogen-bond acceptors (Lipinski definition) is 1. The zero-order chi connectivity index (χ0) is 10.7. The van der Waals surface area contributed by atoms with Crippen molar-refractivity contribution in [2.45, 2.75) is 32.1 Å². The summed E-state index contributed by atoms with van der Waals surface area (Å²) < 4.78 is 0. The Morgan fingerprint density at radius 3 is 2.60 bits per heavy atom. The van der Waals surface area contributed by atoms with Crippen molar-refractivity contribution in [1.82, 2.24) is 0 Å². The molecule has 0 unspecified atom stereocenters. The summed E-state index contributed by atoms with van der Waals surface area (Å²) in [6, 6.07) is 6.04. The van der Waals surface area contributed by atoms with Crippen molar-refractivity contribution in [2.24, 2.45) is 0 Å². The van der Waals surface area contributed by atoms with Crippen molar-refractivity contribution in [1.29, 1.82) is 0 Å². The number of alkyl halides is 1. The minimum atomic E-state index is 0.0312. The zero-order valence-corrected chi connectivity index (χ0v) is 9.52. The molecular weight excluding hydrogens is 208 g/mol. The van der Waals surface area contributed by atoms with Gasteiger partial charge in [0.1, 0.15) is 0 Å². The molecule has 1 aliphatic rings. The van der Waals surface area contributed by atoms with Gasteiger partial charge in [-0.25, -0.2) is 0 Å². The van der Waals surface area contributed by atoms with E-state index in [-0.39, 0.29) is 11.7 Å². The molecular formula is C13H15ClO. The molecule has 2 heteroatoms. The van der Waals surface area contributed by atoms with Crippen LogP contribution in [0.2, 0.25) is 0 Å². The van der Waals surface area contributed by atoms with Gasteiger partial charge >= 0.3 is 0 Å². The van der Waals surface area contributed by atoms with Gasteiger partial charge in [-0.05, 0) is 42.9 Å². The highest BCUT2D eigenvalue weighted by atomic mass is 35.5. The predicted molar refractivity (Wildman–Crippen MR) is 62.8 cm³/mol. The van der Waals surface area contributed by atoms with Gasteiger partial charge in [0.15, 0.2) is 5.78 Å². The molecule has 0 heterocycles. The summed E-state index contributed by atoms with van der Waals surface area (Å²) in [6.07, 6.45) is 6.08. The molecule has 0 aromatic heterocycles. The van der Waals surface area contributed by atoms with Gasteiger partial charge in [-0.2, -0.15) is 0 Å². The second-order valence-corrected chi connectivity index (χ2v) is 4.37. The molecule has 1 nitrogen and oxygen atoms in total. The van der Waals surface area contributed by atoms with Crippen LogP contribution in [-0.2, 0) is 12.8 Å². The number of aryl methyl sites for hydroxylation is 2. The van der Waals surface area contributed by atoms with Crippen molar-refractivity contribution in [3.05, 3.63) is 34.9 Å². The van der Waals surface area contributed by atoms with E-state index in [1.54, 1.807) is 0 Å². The van der Waals surface area contributed by atoms with E-state index in [0.29, 0.717) is 0 Å². The molecule has 0 radical (unpaired) electrons. The number of rotatable bonds is 2. The van der Waals surface area contributed by atoms with Crippen LogP contribution in [0.15, 0.2) is 18.2 Å². The third-order valence-electron chi connectivity index (χ3n) is 3.04. The topological polar surface area (TPSA) is 17.1 Å². The Bertz CT molecular complexity index is 371. The number of halogens is 1. The van der Waals surface area contributed by atoms with Crippen LogP contribution in [-0.4, -0.2) is 11.7 Å². The second kappa shape index (κ2) is 4.80. The van der Waals surface area contributed by atoms with E-state index in [9.17, 15) is 4.79 Å². The number of Topliss-reactive ketones (excluding diaryl/α,β-unsaturated/α-hetero) is 1. The molecule has 0 aliphatic heterocycles. The lowest BCUT2D eigenvalue weighted by Gasteiger charge is -2.07. The first-order valence-electron chi connectivity index (χ1n) is 5.52. The number of fused-ring (bicyclic) bond motifs is 1. The SMILES string of the molecule is O=C(CCl)c1ccc2c(c1)CCCCC2. The lowest BCUT2D eigenvalue weighted by atomic mass is 9.99. The summed E-state index contributed by atoms with van der Waals surface area (Å²) in [5, 5.41) is 0. The molecule has 0 saturated heterocycles. The molecule has 2 rings (SSSR count). The third-order valence-corrected chi connectivity index (χ3v) is 3.28. The van der Waals surface area contributed by atoms with Crippen molar-refractivity contribution >= 4 is 17.4 Å². The monoisotopic (exact) mass is 222 g/mol. The van der Waals surface area contributed by atoms with Crippen molar-refractivity contribution in [2.75, 3.05) is 5.88 Å². The molecule has 0 fully saturated rings. The first-order valence-corrected chi connectivity index (χ1v) is 6.05. The number of hydrogen-bond donors (Lipinski definition) is 0. The maximum Gasteiger partial charge on any atom is 0.177 e. The highest BCUT2D eigenvalue weighted by Gasteiger charge is 2.11. The van der Waals surface area contributed by atoms with Crippen LogP contribution in [0.3, 0.4) is 0 Å². The van der Waals surface area contributed by atoms with Crippen molar-refractivity contribution < 1.29 is 4.79 Å². The van der Waals surface area contributed by atoms with Crippen LogP contribution in [0.1, 0.15) is 40.7 Å². The molecule has 15 heavy (non-hydrogen) atoms. The normalized spacial score (nSPS) is 15.5. The first kappa shape index (κ1) is 10.7. The quantitative estimate of drug-likeness (QED) is 0.426. The van der Waals surface area contributed by atoms with Crippen LogP contribution in [0.25, 0.3) is 0 Å². The fourth-order valence-electron chi connectivity index (χ4n) is 2.16. The average molecular weight is 223 g/mol. The Labute approximate surface area is 95.4 Å². The molecule has 0 atom stereocenters. The average Bonchev–Trinajstić information content (AvgIpc) is 2.51. The van der Waals surface area contributed by atoms with Crippen molar-refractivity contribution in [3.8, 4) is 0 Å². The zero-order valence-electron chi connectivity index (χ0n) is 8.76. The fourth-order valence-corrected chi connectivity index (χ4v) is 2.32. The Balaban J connectivity index is 2.31. The summed E-state index contributed by atoms with van der Waals surface area (Å²) >= 11 is 5.55.